The Kier molecular flexibility index (Phi) is 5.16. The predicted octanol–water partition coefficient (Wildman–Crippen LogP) is 4.09. The second-order valence-electron chi connectivity index (χ2n) is 5.44. The molecule has 0 atom stereocenters. The minimum Gasteiger partial charge on any atom is -0.253 e. The number of aromatic nitrogens is 2. The van der Waals surface area contributed by atoms with E-state index in [9.17, 15) is 26.0 Å². The third-order valence-corrected chi connectivity index (χ3v) is 5.74. The molecular weight excluding hydrogens is 406 g/mol. The van der Waals surface area contributed by atoms with Gasteiger partial charge in [0.25, 0.3) is 10.0 Å². The molecule has 1 N–H and O–H groups in total. The molecule has 0 unspecified atom stereocenters. The lowest BCUT2D eigenvalue weighted by Crippen LogP contribution is -2.12. The van der Waals surface area contributed by atoms with Crippen molar-refractivity contribution in [3.8, 4) is 0 Å². The number of hydrogen-bond acceptors (Lipinski definition) is 5. The lowest BCUT2D eigenvalue weighted by atomic mass is 10.1. The summed E-state index contributed by atoms with van der Waals surface area (Å²) in [6.07, 6.45) is -4.38. The van der Waals surface area contributed by atoms with Gasteiger partial charge in [-0.2, -0.15) is 13.2 Å². The van der Waals surface area contributed by atoms with E-state index in [1.807, 2.05) is 0 Å². The Bertz CT molecular complexity index is 1050. The number of rotatable bonds is 5. The van der Waals surface area contributed by atoms with Crippen molar-refractivity contribution >= 4 is 26.5 Å². The topological polar surface area (TPSA) is 72.0 Å². The van der Waals surface area contributed by atoms with Gasteiger partial charge in [0.2, 0.25) is 5.13 Å². The molecule has 0 fully saturated rings. The summed E-state index contributed by atoms with van der Waals surface area (Å²) in [7, 11) is -3.97. The molecule has 142 valence electrons. The summed E-state index contributed by atoms with van der Waals surface area (Å²) in [4.78, 5) is -0.154. The van der Waals surface area contributed by atoms with Crippen molar-refractivity contribution in [2.45, 2.75) is 17.5 Å². The molecule has 1 heterocycles. The zero-order valence-electron chi connectivity index (χ0n) is 13.4. The number of halogens is 4. The van der Waals surface area contributed by atoms with Crippen molar-refractivity contribution in [1.82, 2.24) is 10.2 Å². The van der Waals surface area contributed by atoms with Crippen LogP contribution in [0.3, 0.4) is 0 Å². The van der Waals surface area contributed by atoms with Crippen LogP contribution in [-0.2, 0) is 22.6 Å². The number of hydrogen-bond donors (Lipinski definition) is 1. The van der Waals surface area contributed by atoms with Crippen molar-refractivity contribution in [2.24, 2.45) is 0 Å². The van der Waals surface area contributed by atoms with E-state index < -0.39 is 27.6 Å². The third-order valence-electron chi connectivity index (χ3n) is 3.42. The summed E-state index contributed by atoms with van der Waals surface area (Å²) >= 11 is 0.898. The van der Waals surface area contributed by atoms with Gasteiger partial charge in [0.1, 0.15) is 10.8 Å². The Labute approximate surface area is 155 Å². The highest BCUT2D eigenvalue weighted by atomic mass is 32.2. The standard InChI is InChI=1S/C16H11F4N3O2S2/c17-12-4-6-13(7-5-12)27(24,25)23-15-22-21-14(26-15)9-10-2-1-3-11(8-10)16(18,19)20/h1-8H,9H2,(H,22,23). The zero-order valence-corrected chi connectivity index (χ0v) is 15.0. The van der Waals surface area contributed by atoms with Crippen LogP contribution in [-0.4, -0.2) is 18.6 Å². The van der Waals surface area contributed by atoms with Crippen molar-refractivity contribution < 1.29 is 26.0 Å². The maximum atomic E-state index is 12.9. The van der Waals surface area contributed by atoms with Crippen LogP contribution in [0.25, 0.3) is 0 Å². The van der Waals surface area contributed by atoms with Crippen molar-refractivity contribution in [3.63, 3.8) is 0 Å². The smallest absolute Gasteiger partial charge is 0.253 e. The SMILES string of the molecule is O=S(=O)(Nc1nnc(Cc2cccc(C(F)(F)F)c2)s1)c1ccc(F)cc1. The monoisotopic (exact) mass is 417 g/mol. The number of sulfonamides is 1. The molecule has 5 nitrogen and oxygen atoms in total. The lowest BCUT2D eigenvalue weighted by molar-refractivity contribution is -0.137. The van der Waals surface area contributed by atoms with Crippen LogP contribution in [0.4, 0.5) is 22.7 Å². The third kappa shape index (κ3) is 4.80. The highest BCUT2D eigenvalue weighted by molar-refractivity contribution is 7.93. The fraction of sp³-hybridized carbons (Fsp3) is 0.125. The molecule has 1 aromatic heterocycles. The van der Waals surface area contributed by atoms with E-state index in [1.54, 1.807) is 0 Å². The van der Waals surface area contributed by atoms with Crippen molar-refractivity contribution in [2.75, 3.05) is 4.72 Å². The lowest BCUT2D eigenvalue weighted by Gasteiger charge is -2.07. The van der Waals surface area contributed by atoms with Crippen LogP contribution in [0, 0.1) is 5.82 Å². The second-order valence-corrected chi connectivity index (χ2v) is 8.18. The summed E-state index contributed by atoms with van der Waals surface area (Å²) in [5.74, 6) is -0.576. The van der Waals surface area contributed by atoms with Crippen LogP contribution < -0.4 is 4.72 Å². The van der Waals surface area contributed by atoms with Gasteiger partial charge >= 0.3 is 6.18 Å². The molecule has 11 heteroatoms. The minimum absolute atomic E-state index is 0.0405. The highest BCUT2D eigenvalue weighted by Crippen LogP contribution is 2.30. The molecule has 3 aromatic rings. The van der Waals surface area contributed by atoms with Gasteiger partial charge in [0, 0.05) is 6.42 Å². The van der Waals surface area contributed by atoms with Gasteiger partial charge in [-0.25, -0.2) is 12.8 Å². The molecule has 27 heavy (non-hydrogen) atoms. The maximum Gasteiger partial charge on any atom is 0.416 e. The molecule has 0 saturated carbocycles. The quantitative estimate of drug-likeness (QED) is 0.635. The molecule has 0 bridgehead atoms. The molecule has 2 aromatic carbocycles. The number of anilines is 1. The van der Waals surface area contributed by atoms with E-state index >= 15 is 0 Å². The van der Waals surface area contributed by atoms with E-state index in [-0.39, 0.29) is 16.4 Å². The van der Waals surface area contributed by atoms with Crippen LogP contribution >= 0.6 is 11.3 Å². The predicted molar refractivity (Wildman–Crippen MR) is 91.4 cm³/mol. The second kappa shape index (κ2) is 7.24. The Morgan fingerprint density at radius 1 is 1.04 bits per heavy atom. The van der Waals surface area contributed by atoms with E-state index in [4.69, 9.17) is 0 Å². The number of benzene rings is 2. The van der Waals surface area contributed by atoms with Crippen LogP contribution in [0.1, 0.15) is 16.1 Å². The first kappa shape index (κ1) is 19.2. The molecule has 0 radical (unpaired) electrons. The molecule has 0 saturated heterocycles. The summed E-state index contributed by atoms with van der Waals surface area (Å²) in [5.41, 5.74) is -0.407. The van der Waals surface area contributed by atoms with Crippen molar-refractivity contribution in [1.29, 1.82) is 0 Å². The number of nitrogens with zero attached hydrogens (tertiary/aromatic N) is 2. The Hall–Kier alpha value is -2.53. The van der Waals surface area contributed by atoms with E-state index in [0.29, 0.717) is 10.6 Å². The Balaban J connectivity index is 1.75. The molecule has 0 spiro atoms. The maximum absolute atomic E-state index is 12.9. The number of alkyl halides is 3. The molecular formula is C16H11F4N3O2S2. The first-order valence-electron chi connectivity index (χ1n) is 7.40. The van der Waals surface area contributed by atoms with E-state index in [2.05, 4.69) is 14.9 Å². The molecule has 0 aliphatic carbocycles. The van der Waals surface area contributed by atoms with Gasteiger partial charge in [-0.15, -0.1) is 10.2 Å². The Morgan fingerprint density at radius 2 is 1.74 bits per heavy atom. The highest BCUT2D eigenvalue weighted by Gasteiger charge is 2.30. The van der Waals surface area contributed by atoms with Crippen LogP contribution in [0.15, 0.2) is 53.4 Å². The van der Waals surface area contributed by atoms with Gasteiger partial charge in [-0.1, -0.05) is 29.5 Å². The van der Waals surface area contributed by atoms with Crippen LogP contribution in [0.5, 0.6) is 0 Å². The Morgan fingerprint density at radius 3 is 2.41 bits per heavy atom. The number of nitrogens with one attached hydrogen (secondary N) is 1. The van der Waals surface area contributed by atoms with Gasteiger partial charge < -0.3 is 0 Å². The van der Waals surface area contributed by atoms with E-state index in [1.165, 1.54) is 12.1 Å². The fourth-order valence-corrected chi connectivity index (χ4v) is 4.19. The first-order chi connectivity index (χ1) is 12.6. The average Bonchev–Trinajstić information content (AvgIpc) is 3.01. The molecule has 0 aliphatic heterocycles. The molecule has 0 amide bonds. The average molecular weight is 417 g/mol. The minimum atomic E-state index is -4.45. The fourth-order valence-electron chi connectivity index (χ4n) is 2.19. The zero-order chi connectivity index (χ0) is 19.7. The summed E-state index contributed by atoms with van der Waals surface area (Å²) in [6, 6.07) is 8.98. The van der Waals surface area contributed by atoms with E-state index in [0.717, 1.165) is 47.7 Å². The van der Waals surface area contributed by atoms with Gasteiger partial charge in [-0.3, -0.25) is 4.72 Å². The summed E-state index contributed by atoms with van der Waals surface area (Å²) in [5, 5.41) is 7.79. The molecule has 0 aliphatic rings. The van der Waals surface area contributed by atoms with Crippen LogP contribution in [0.2, 0.25) is 0 Å². The van der Waals surface area contributed by atoms with Crippen molar-refractivity contribution in [3.05, 3.63) is 70.5 Å². The van der Waals surface area contributed by atoms with Gasteiger partial charge in [-0.05, 0) is 35.9 Å². The van der Waals surface area contributed by atoms with Gasteiger partial charge in [0.15, 0.2) is 0 Å². The summed E-state index contributed by atoms with van der Waals surface area (Å²) < 4.78 is 77.8. The largest absolute Gasteiger partial charge is 0.416 e. The summed E-state index contributed by atoms with van der Waals surface area (Å²) in [6.45, 7) is 0. The molecule has 3 rings (SSSR count). The first-order valence-corrected chi connectivity index (χ1v) is 9.70. The normalized spacial score (nSPS) is 12.1. The van der Waals surface area contributed by atoms with Gasteiger partial charge in [0.05, 0.1) is 10.5 Å².